The van der Waals surface area contributed by atoms with E-state index in [1.165, 1.54) is 0 Å². The summed E-state index contributed by atoms with van der Waals surface area (Å²) in [6.45, 7) is 5.15. The molecule has 1 saturated heterocycles. The van der Waals surface area contributed by atoms with E-state index >= 15 is 0 Å². The fourth-order valence-electron chi connectivity index (χ4n) is 1.35. The van der Waals surface area contributed by atoms with Crippen LogP contribution < -0.4 is 34.4 Å². The van der Waals surface area contributed by atoms with Crippen LogP contribution in [0.2, 0.25) is 0 Å². The van der Waals surface area contributed by atoms with E-state index in [1.54, 1.807) is 0 Å². The van der Waals surface area contributed by atoms with Crippen LogP contribution in [0.1, 0.15) is 0 Å². The minimum atomic E-state index is -4.94. The molecule has 11 heteroatoms. The minimum absolute atomic E-state index is 0. The number of nitrogens with one attached hydrogen (secondary N) is 2. The summed E-state index contributed by atoms with van der Waals surface area (Å²) < 4.78 is 34.0. The smallest absolute Gasteiger partial charge is 0.549 e. The van der Waals surface area contributed by atoms with Gasteiger partial charge < -0.3 is 20.5 Å². The summed E-state index contributed by atoms with van der Waals surface area (Å²) in [5, 5.41) is 16.8. The van der Waals surface area contributed by atoms with Crippen LogP contribution in [0, 0.1) is 10.2 Å². The third-order valence-electron chi connectivity index (χ3n) is 2.04. The summed E-state index contributed by atoms with van der Waals surface area (Å²) >= 11 is 0. The maximum Gasteiger partial charge on any atom is 2.00 e. The SMILES string of the molecule is O=C([O-])CN1CCNCCNCC1.[Cu+2].[O-][Cl+3]([O-])([O-])[O-]. The van der Waals surface area contributed by atoms with E-state index < -0.39 is 16.2 Å². The van der Waals surface area contributed by atoms with Crippen LogP contribution in [0.25, 0.3) is 0 Å². The molecule has 0 unspecified atom stereocenters. The Morgan fingerprint density at radius 1 is 1.00 bits per heavy atom. The third kappa shape index (κ3) is 20.5. The molecule has 1 radical (unpaired) electrons. The third-order valence-corrected chi connectivity index (χ3v) is 2.04. The Labute approximate surface area is 123 Å². The van der Waals surface area contributed by atoms with Gasteiger partial charge in [0.05, 0.1) is 5.97 Å². The average molecular weight is 349 g/mol. The van der Waals surface area contributed by atoms with Gasteiger partial charge in [0.1, 0.15) is 0 Å². The second-order valence-electron chi connectivity index (χ2n) is 3.53. The Bertz CT molecular complexity index is 227. The molecule has 0 amide bonds. The molecule has 0 spiro atoms. The second-order valence-corrected chi connectivity index (χ2v) is 4.28. The first-order valence-corrected chi connectivity index (χ1v) is 6.48. The molecular formula is C8H16ClCuN3O6. The Morgan fingerprint density at radius 2 is 1.37 bits per heavy atom. The standard InChI is InChI=1S/C8H17N3O2.ClHO4.Cu/c12-8(13)7-11-5-3-9-1-2-10-4-6-11;2-1(3,4)5;/h9-10H,1-7H2,(H,12,13);(H,2,3,4,5);/q;;+2/p-2. The molecule has 0 bridgehead atoms. The van der Waals surface area contributed by atoms with Crippen molar-refractivity contribution in [1.29, 1.82) is 0 Å². The first-order chi connectivity index (χ1) is 8.29. The fourth-order valence-corrected chi connectivity index (χ4v) is 1.35. The molecule has 1 aliphatic rings. The van der Waals surface area contributed by atoms with Gasteiger partial charge in [0.25, 0.3) is 0 Å². The topological polar surface area (TPSA) is 160 Å². The molecule has 1 heterocycles. The van der Waals surface area contributed by atoms with Crippen molar-refractivity contribution in [3.05, 3.63) is 0 Å². The minimum Gasteiger partial charge on any atom is -0.549 e. The number of hydrogen-bond acceptors (Lipinski definition) is 9. The molecule has 1 rings (SSSR count). The van der Waals surface area contributed by atoms with Gasteiger partial charge in [0, 0.05) is 45.8 Å². The van der Waals surface area contributed by atoms with Crippen molar-refractivity contribution in [2.75, 3.05) is 45.8 Å². The number of carboxylic acid groups (broad SMARTS) is 1. The normalized spacial score (nSPS) is 17.9. The quantitative estimate of drug-likeness (QED) is 0.462. The van der Waals surface area contributed by atoms with Gasteiger partial charge in [-0.25, -0.2) is 18.6 Å². The number of aliphatic carboxylic acids is 1. The van der Waals surface area contributed by atoms with Crippen molar-refractivity contribution in [2.45, 2.75) is 0 Å². The summed E-state index contributed by atoms with van der Waals surface area (Å²) in [6, 6.07) is 0. The molecule has 0 aromatic carbocycles. The van der Waals surface area contributed by atoms with E-state index in [1.807, 2.05) is 4.90 Å². The van der Waals surface area contributed by atoms with Crippen LogP contribution >= 0.6 is 0 Å². The van der Waals surface area contributed by atoms with Crippen molar-refractivity contribution in [2.24, 2.45) is 0 Å². The predicted molar refractivity (Wildman–Crippen MR) is 47.2 cm³/mol. The van der Waals surface area contributed by atoms with Crippen LogP contribution in [0.15, 0.2) is 0 Å². The van der Waals surface area contributed by atoms with Crippen LogP contribution in [-0.2, 0) is 21.9 Å². The number of rotatable bonds is 2. The van der Waals surface area contributed by atoms with Gasteiger partial charge in [-0.15, -0.1) is 10.2 Å². The number of halogens is 1. The molecule has 117 valence electrons. The Morgan fingerprint density at radius 3 is 1.68 bits per heavy atom. The molecule has 9 nitrogen and oxygen atoms in total. The predicted octanol–water partition coefficient (Wildman–Crippen LogP) is -7.53. The molecule has 0 atom stereocenters. The van der Waals surface area contributed by atoms with Gasteiger partial charge in [-0.05, 0) is 0 Å². The Balaban J connectivity index is 0. The number of carboxylic acids is 1. The van der Waals surface area contributed by atoms with Crippen molar-refractivity contribution >= 4 is 5.97 Å². The van der Waals surface area contributed by atoms with Crippen molar-refractivity contribution in [3.63, 3.8) is 0 Å². The first kappa shape index (κ1) is 21.3. The van der Waals surface area contributed by atoms with Gasteiger partial charge in [0.15, 0.2) is 0 Å². The summed E-state index contributed by atoms with van der Waals surface area (Å²) in [5.74, 6) is -1.00. The first-order valence-electron chi connectivity index (χ1n) is 5.24. The van der Waals surface area contributed by atoms with Crippen molar-refractivity contribution in [3.8, 4) is 0 Å². The average Bonchev–Trinajstić information content (AvgIpc) is 2.28. The summed E-state index contributed by atoms with van der Waals surface area (Å²) in [7, 11) is -4.94. The van der Waals surface area contributed by atoms with Crippen LogP contribution in [-0.4, -0.2) is 56.7 Å². The maximum atomic E-state index is 10.4. The zero-order valence-corrected chi connectivity index (χ0v) is 11.7. The van der Waals surface area contributed by atoms with E-state index in [2.05, 4.69) is 10.6 Å². The fraction of sp³-hybridized carbons (Fsp3) is 0.875. The molecule has 2 N–H and O–H groups in total. The second kappa shape index (κ2) is 11.8. The van der Waals surface area contributed by atoms with Gasteiger partial charge in [-0.2, -0.15) is 0 Å². The summed E-state index contributed by atoms with van der Waals surface area (Å²) in [5.41, 5.74) is 0. The number of hydrogen-bond donors (Lipinski definition) is 2. The van der Waals surface area contributed by atoms with E-state index in [9.17, 15) is 9.90 Å². The Hall–Kier alpha value is -0.000519. The Kier molecular flexibility index (Phi) is 13.2. The molecule has 1 aliphatic heterocycles. The van der Waals surface area contributed by atoms with Crippen LogP contribution in [0.4, 0.5) is 0 Å². The maximum absolute atomic E-state index is 10.4. The molecule has 0 aromatic heterocycles. The van der Waals surface area contributed by atoms with Crippen LogP contribution in [0.5, 0.6) is 0 Å². The van der Waals surface area contributed by atoms with Crippen molar-refractivity contribution in [1.82, 2.24) is 15.5 Å². The largest absolute Gasteiger partial charge is 2.00 e. The molecule has 0 aliphatic carbocycles. The molecular weight excluding hydrogens is 333 g/mol. The zero-order valence-electron chi connectivity index (χ0n) is 10.0. The van der Waals surface area contributed by atoms with Gasteiger partial charge >= 0.3 is 17.1 Å². The van der Waals surface area contributed by atoms with Gasteiger partial charge in [-0.3, -0.25) is 4.90 Å². The molecule has 0 saturated carbocycles. The summed E-state index contributed by atoms with van der Waals surface area (Å²) in [4.78, 5) is 12.2. The number of carbonyl (C=O) groups excluding carboxylic acids is 1. The number of carbonyl (C=O) groups is 1. The van der Waals surface area contributed by atoms with E-state index in [0.29, 0.717) is 0 Å². The van der Waals surface area contributed by atoms with Gasteiger partial charge in [0.2, 0.25) is 0 Å². The van der Waals surface area contributed by atoms with Gasteiger partial charge in [-0.1, -0.05) is 0 Å². The molecule has 0 aromatic rings. The summed E-state index contributed by atoms with van der Waals surface area (Å²) in [6.07, 6.45) is 0. The van der Waals surface area contributed by atoms with Crippen LogP contribution in [0.3, 0.4) is 0 Å². The van der Waals surface area contributed by atoms with E-state index in [4.69, 9.17) is 18.6 Å². The van der Waals surface area contributed by atoms with E-state index in [-0.39, 0.29) is 23.6 Å². The molecule has 19 heavy (non-hydrogen) atoms. The molecule has 1 fully saturated rings. The monoisotopic (exact) mass is 348 g/mol. The number of nitrogens with zero attached hydrogens (tertiary/aromatic N) is 1. The van der Waals surface area contributed by atoms with Crippen molar-refractivity contribution < 1.29 is 55.8 Å². The zero-order chi connectivity index (χ0) is 14.0. The van der Waals surface area contributed by atoms with E-state index in [0.717, 1.165) is 39.3 Å².